The maximum absolute atomic E-state index is 13.2. The fourth-order valence-corrected chi connectivity index (χ4v) is 4.66. The average Bonchev–Trinajstić information content (AvgIpc) is 2.88. The zero-order chi connectivity index (χ0) is 19.8. The third-order valence-corrected chi connectivity index (χ3v) is 6.30. The lowest BCUT2D eigenvalue weighted by Gasteiger charge is -2.42. The van der Waals surface area contributed by atoms with Crippen LogP contribution >= 0.6 is 0 Å². The molecule has 1 aromatic carbocycles. The van der Waals surface area contributed by atoms with Crippen LogP contribution in [0.1, 0.15) is 45.6 Å². The van der Waals surface area contributed by atoms with Crippen molar-refractivity contribution in [1.29, 1.82) is 0 Å². The van der Waals surface area contributed by atoms with Gasteiger partial charge in [-0.3, -0.25) is 14.5 Å². The van der Waals surface area contributed by atoms with Crippen LogP contribution < -0.4 is 10.2 Å². The standard InChI is InChI=1S/C21H29N3O3/c1-5-23(17-12-7-6-9-14(17)2)18(25)13-24-19(26)21(22-20(24)27)15(3)10-8-11-16(21)4/h6-7,9,12,15-16H,5,8,10-11,13H2,1-4H3,(H,22,27)/t15-,16+,21?. The summed E-state index contributed by atoms with van der Waals surface area (Å²) in [6, 6.07) is 7.18. The van der Waals surface area contributed by atoms with Crippen LogP contribution in [0.15, 0.2) is 24.3 Å². The molecule has 2 fully saturated rings. The Morgan fingerprint density at radius 3 is 2.44 bits per heavy atom. The summed E-state index contributed by atoms with van der Waals surface area (Å²) < 4.78 is 0. The van der Waals surface area contributed by atoms with Gasteiger partial charge >= 0.3 is 6.03 Å². The fourth-order valence-electron chi connectivity index (χ4n) is 4.66. The predicted octanol–water partition coefficient (Wildman–Crippen LogP) is 3.09. The van der Waals surface area contributed by atoms with Gasteiger partial charge in [-0.15, -0.1) is 0 Å². The number of aryl methyl sites for hydroxylation is 1. The summed E-state index contributed by atoms with van der Waals surface area (Å²) in [5.41, 5.74) is 0.928. The highest BCUT2D eigenvalue weighted by Crippen LogP contribution is 2.42. The number of hydrogen-bond acceptors (Lipinski definition) is 3. The lowest BCUT2D eigenvalue weighted by Crippen LogP contribution is -2.59. The molecule has 0 bridgehead atoms. The molecule has 1 saturated heterocycles. The molecule has 1 heterocycles. The molecule has 27 heavy (non-hydrogen) atoms. The normalized spacial score (nSPS) is 27.8. The second-order valence-electron chi connectivity index (χ2n) is 7.85. The van der Waals surface area contributed by atoms with Crippen LogP contribution in [0.5, 0.6) is 0 Å². The molecule has 1 unspecified atom stereocenters. The van der Waals surface area contributed by atoms with Gasteiger partial charge in [0.15, 0.2) is 0 Å². The molecular weight excluding hydrogens is 342 g/mol. The molecule has 1 spiro atoms. The van der Waals surface area contributed by atoms with E-state index in [0.717, 1.165) is 35.4 Å². The van der Waals surface area contributed by atoms with Crippen molar-refractivity contribution in [3.63, 3.8) is 0 Å². The van der Waals surface area contributed by atoms with E-state index in [4.69, 9.17) is 0 Å². The minimum absolute atomic E-state index is 0.0662. The van der Waals surface area contributed by atoms with E-state index >= 15 is 0 Å². The van der Waals surface area contributed by atoms with E-state index in [1.54, 1.807) is 4.90 Å². The summed E-state index contributed by atoms with van der Waals surface area (Å²) >= 11 is 0. The molecule has 6 nitrogen and oxygen atoms in total. The van der Waals surface area contributed by atoms with E-state index < -0.39 is 11.6 Å². The highest BCUT2D eigenvalue weighted by Gasteiger charge is 2.58. The fraction of sp³-hybridized carbons (Fsp3) is 0.571. The molecular formula is C21H29N3O3. The summed E-state index contributed by atoms with van der Waals surface area (Å²) in [5, 5.41) is 2.95. The smallest absolute Gasteiger partial charge is 0.323 e. The van der Waals surface area contributed by atoms with Crippen LogP contribution in [-0.2, 0) is 9.59 Å². The first-order valence-corrected chi connectivity index (χ1v) is 9.83. The molecule has 1 aliphatic carbocycles. The second kappa shape index (κ2) is 7.33. The number of rotatable bonds is 4. The Hall–Kier alpha value is -2.37. The highest BCUT2D eigenvalue weighted by atomic mass is 16.2. The molecule has 1 aliphatic heterocycles. The monoisotopic (exact) mass is 371 g/mol. The van der Waals surface area contributed by atoms with E-state index in [0.29, 0.717) is 6.54 Å². The van der Waals surface area contributed by atoms with Crippen LogP contribution in [-0.4, -0.2) is 41.4 Å². The van der Waals surface area contributed by atoms with E-state index in [-0.39, 0.29) is 30.2 Å². The summed E-state index contributed by atoms with van der Waals surface area (Å²) in [4.78, 5) is 41.6. The van der Waals surface area contributed by atoms with Crippen molar-refractivity contribution in [2.45, 2.75) is 52.5 Å². The minimum Gasteiger partial charge on any atom is -0.323 e. The van der Waals surface area contributed by atoms with E-state index in [1.807, 2.05) is 52.0 Å². The first-order valence-electron chi connectivity index (χ1n) is 9.83. The van der Waals surface area contributed by atoms with Crippen molar-refractivity contribution in [3.05, 3.63) is 29.8 Å². The van der Waals surface area contributed by atoms with Crippen molar-refractivity contribution < 1.29 is 14.4 Å². The van der Waals surface area contributed by atoms with Crippen molar-refractivity contribution in [2.75, 3.05) is 18.0 Å². The van der Waals surface area contributed by atoms with Crippen LogP contribution in [0.2, 0.25) is 0 Å². The predicted molar refractivity (Wildman–Crippen MR) is 104 cm³/mol. The maximum Gasteiger partial charge on any atom is 0.325 e. The molecule has 3 rings (SSSR count). The Bertz CT molecular complexity index is 751. The summed E-state index contributed by atoms with van der Waals surface area (Å²) in [6.45, 7) is 8.12. The molecule has 6 heteroatoms. The Balaban J connectivity index is 1.83. The average molecular weight is 371 g/mol. The quantitative estimate of drug-likeness (QED) is 0.827. The number of carbonyl (C=O) groups excluding carboxylic acids is 3. The number of likely N-dealkylation sites (N-methyl/N-ethyl adjacent to an activating group) is 1. The van der Waals surface area contributed by atoms with Crippen LogP contribution in [0.25, 0.3) is 0 Å². The Morgan fingerprint density at radius 2 is 1.85 bits per heavy atom. The molecule has 1 aromatic rings. The van der Waals surface area contributed by atoms with Gasteiger partial charge in [0.2, 0.25) is 5.91 Å². The zero-order valence-electron chi connectivity index (χ0n) is 16.6. The zero-order valence-corrected chi connectivity index (χ0v) is 16.6. The number of nitrogens with one attached hydrogen (secondary N) is 1. The largest absolute Gasteiger partial charge is 0.325 e. The molecule has 4 amide bonds. The maximum atomic E-state index is 13.2. The Morgan fingerprint density at radius 1 is 1.22 bits per heavy atom. The highest BCUT2D eigenvalue weighted by molar-refractivity contribution is 6.10. The number of urea groups is 1. The van der Waals surface area contributed by atoms with Gasteiger partial charge in [-0.25, -0.2) is 4.79 Å². The number of imide groups is 1. The van der Waals surface area contributed by atoms with Crippen LogP contribution in [0, 0.1) is 18.8 Å². The van der Waals surface area contributed by atoms with Crippen molar-refractivity contribution >= 4 is 23.5 Å². The van der Waals surface area contributed by atoms with Gasteiger partial charge in [0.25, 0.3) is 5.91 Å². The number of para-hydroxylation sites is 1. The molecule has 146 valence electrons. The molecule has 1 saturated carbocycles. The van der Waals surface area contributed by atoms with Gasteiger partial charge in [0, 0.05) is 12.2 Å². The Kier molecular flexibility index (Phi) is 5.27. The van der Waals surface area contributed by atoms with Crippen LogP contribution in [0.4, 0.5) is 10.5 Å². The van der Waals surface area contributed by atoms with E-state index in [1.165, 1.54) is 0 Å². The Labute approximate surface area is 160 Å². The first-order chi connectivity index (χ1) is 12.8. The third kappa shape index (κ3) is 3.11. The van der Waals surface area contributed by atoms with Crippen molar-refractivity contribution in [3.8, 4) is 0 Å². The molecule has 0 aromatic heterocycles. The van der Waals surface area contributed by atoms with Crippen molar-refractivity contribution in [1.82, 2.24) is 10.2 Å². The second-order valence-corrected chi connectivity index (χ2v) is 7.85. The van der Waals surface area contributed by atoms with Gasteiger partial charge in [0.1, 0.15) is 12.1 Å². The number of amides is 4. The molecule has 0 radical (unpaired) electrons. The topological polar surface area (TPSA) is 69.7 Å². The lowest BCUT2D eigenvalue weighted by molar-refractivity contribution is -0.138. The molecule has 1 N–H and O–H groups in total. The number of hydrogen-bond donors (Lipinski definition) is 1. The number of carbonyl (C=O) groups is 3. The van der Waals surface area contributed by atoms with E-state index in [9.17, 15) is 14.4 Å². The van der Waals surface area contributed by atoms with Gasteiger partial charge in [-0.2, -0.15) is 0 Å². The summed E-state index contributed by atoms with van der Waals surface area (Å²) in [7, 11) is 0. The summed E-state index contributed by atoms with van der Waals surface area (Å²) in [5.74, 6) is -0.363. The van der Waals surface area contributed by atoms with Gasteiger partial charge in [-0.05, 0) is 50.2 Å². The number of anilines is 1. The SMILES string of the molecule is CCN(C(=O)CN1C(=O)NC2(C1=O)[C@H](C)CCC[C@@H]2C)c1ccccc1C. The van der Waals surface area contributed by atoms with Gasteiger partial charge in [-0.1, -0.05) is 38.5 Å². The minimum atomic E-state index is -0.866. The summed E-state index contributed by atoms with van der Waals surface area (Å²) in [6.07, 6.45) is 2.87. The van der Waals surface area contributed by atoms with E-state index in [2.05, 4.69) is 5.32 Å². The van der Waals surface area contributed by atoms with Gasteiger partial charge < -0.3 is 10.2 Å². The van der Waals surface area contributed by atoms with Gasteiger partial charge in [0.05, 0.1) is 0 Å². The lowest BCUT2D eigenvalue weighted by atomic mass is 9.67. The van der Waals surface area contributed by atoms with Crippen molar-refractivity contribution in [2.24, 2.45) is 11.8 Å². The molecule has 2 aliphatic rings. The number of benzene rings is 1. The number of nitrogens with zero attached hydrogens (tertiary/aromatic N) is 2. The third-order valence-electron chi connectivity index (χ3n) is 6.30. The molecule has 3 atom stereocenters. The first kappa shape index (κ1) is 19.4. The van der Waals surface area contributed by atoms with Crippen LogP contribution in [0.3, 0.4) is 0 Å².